The molecule has 0 fully saturated rings. The lowest BCUT2D eigenvalue weighted by molar-refractivity contribution is -0.146. The number of hydrogen-bond donors (Lipinski definition) is 4. The van der Waals surface area contributed by atoms with Crippen LogP contribution in [0.5, 0.6) is 0 Å². The van der Waals surface area contributed by atoms with E-state index in [2.05, 4.69) is 10.6 Å². The van der Waals surface area contributed by atoms with E-state index in [4.69, 9.17) is 10.2 Å². The molecule has 106 valence electrons. The molecule has 0 atom stereocenters. The zero-order chi connectivity index (χ0) is 14.4. The monoisotopic (exact) mass is 281 g/mol. The first kappa shape index (κ1) is 16.6. The zero-order valence-corrected chi connectivity index (χ0v) is 11.2. The van der Waals surface area contributed by atoms with E-state index in [1.807, 2.05) is 0 Å². The Morgan fingerprint density at radius 1 is 1.28 bits per heavy atom. The van der Waals surface area contributed by atoms with Crippen molar-refractivity contribution in [3.05, 3.63) is 0 Å². The lowest BCUT2D eigenvalue weighted by Crippen LogP contribution is -2.43. The molecule has 0 aliphatic heterocycles. The van der Waals surface area contributed by atoms with Crippen LogP contribution < -0.4 is 15.8 Å². The van der Waals surface area contributed by atoms with Crippen LogP contribution in [0.2, 0.25) is 0 Å². The Labute approximate surface area is 106 Å². The summed E-state index contributed by atoms with van der Waals surface area (Å²) in [6.45, 7) is 3.09. The van der Waals surface area contributed by atoms with Gasteiger partial charge in [0.1, 0.15) is 0 Å². The lowest BCUT2D eigenvalue weighted by Gasteiger charge is -2.19. The molecule has 0 bridgehead atoms. The van der Waals surface area contributed by atoms with Gasteiger partial charge in [-0.15, -0.1) is 0 Å². The zero-order valence-electron chi connectivity index (χ0n) is 10.4. The normalized spacial score (nSPS) is 11.9. The van der Waals surface area contributed by atoms with Gasteiger partial charge in [-0.1, -0.05) is 0 Å². The van der Waals surface area contributed by atoms with E-state index in [1.54, 1.807) is 0 Å². The number of carboxylic acid groups (broad SMARTS) is 1. The van der Waals surface area contributed by atoms with Crippen molar-refractivity contribution in [1.29, 1.82) is 0 Å². The summed E-state index contributed by atoms with van der Waals surface area (Å²) in [5.74, 6) is -1.23. The van der Waals surface area contributed by atoms with Gasteiger partial charge in [-0.25, -0.2) is 18.4 Å². The summed E-state index contributed by atoms with van der Waals surface area (Å²) in [4.78, 5) is 22.0. The Kier molecular flexibility index (Phi) is 6.06. The molecule has 8 nitrogen and oxygen atoms in total. The maximum absolute atomic E-state index is 11.2. The second-order valence-corrected chi connectivity index (χ2v) is 6.25. The molecule has 0 aromatic heterocycles. The van der Waals surface area contributed by atoms with Gasteiger partial charge in [-0.3, -0.25) is 4.79 Å². The maximum Gasteiger partial charge on any atom is 0.314 e. The average Bonchev–Trinajstić information content (AvgIpc) is 2.20. The van der Waals surface area contributed by atoms with E-state index < -0.39 is 27.4 Å². The van der Waals surface area contributed by atoms with Crippen LogP contribution in [0.15, 0.2) is 0 Å². The number of amides is 2. The molecule has 0 unspecified atom stereocenters. The first-order valence-corrected chi connectivity index (χ1v) is 7.02. The van der Waals surface area contributed by atoms with Gasteiger partial charge in [0.25, 0.3) is 0 Å². The molecule has 9 heteroatoms. The second-order valence-electron chi connectivity index (χ2n) is 4.52. The van der Waals surface area contributed by atoms with Gasteiger partial charge < -0.3 is 15.7 Å². The van der Waals surface area contributed by atoms with Crippen LogP contribution in [0, 0.1) is 5.41 Å². The predicted molar refractivity (Wildman–Crippen MR) is 65.4 cm³/mol. The van der Waals surface area contributed by atoms with E-state index in [1.165, 1.54) is 13.8 Å². The highest BCUT2D eigenvalue weighted by molar-refractivity contribution is 7.89. The molecule has 0 spiro atoms. The first-order valence-electron chi connectivity index (χ1n) is 5.30. The van der Waals surface area contributed by atoms with Crippen LogP contribution in [0.1, 0.15) is 20.3 Å². The van der Waals surface area contributed by atoms with Crippen LogP contribution in [-0.4, -0.2) is 44.4 Å². The molecule has 0 aliphatic carbocycles. The number of primary sulfonamides is 1. The average molecular weight is 281 g/mol. The third-order valence-corrected chi connectivity index (χ3v) is 3.02. The topological polar surface area (TPSA) is 139 Å². The number of sulfonamides is 1. The first-order chi connectivity index (χ1) is 8.04. The van der Waals surface area contributed by atoms with Crippen LogP contribution in [0.4, 0.5) is 4.79 Å². The van der Waals surface area contributed by atoms with Crippen molar-refractivity contribution in [1.82, 2.24) is 10.6 Å². The van der Waals surface area contributed by atoms with Gasteiger partial charge in [0.05, 0.1) is 11.2 Å². The Balaban J connectivity index is 3.83. The van der Waals surface area contributed by atoms with Crippen molar-refractivity contribution in [3.63, 3.8) is 0 Å². The molecular formula is C9H19N3O5S. The number of nitrogens with two attached hydrogens (primary N) is 1. The summed E-state index contributed by atoms with van der Waals surface area (Å²) < 4.78 is 21.2. The van der Waals surface area contributed by atoms with Crippen LogP contribution >= 0.6 is 0 Å². The van der Waals surface area contributed by atoms with Gasteiger partial charge in [0.15, 0.2) is 0 Å². The van der Waals surface area contributed by atoms with Crippen LogP contribution in [-0.2, 0) is 14.8 Å². The summed E-state index contributed by atoms with van der Waals surface area (Å²) in [6, 6.07) is -0.543. The van der Waals surface area contributed by atoms with Crippen molar-refractivity contribution >= 4 is 22.0 Å². The highest BCUT2D eigenvalue weighted by atomic mass is 32.2. The number of carbonyl (C=O) groups excluding carboxylic acids is 1. The van der Waals surface area contributed by atoms with Gasteiger partial charge in [-0.05, 0) is 20.3 Å². The standard InChI is InChI=1S/C9H19N3O5S/c1-9(2,7(13)14)6-12-8(15)11-4-3-5-18(10,16)17/h3-6H2,1-2H3,(H,13,14)(H2,10,16,17)(H2,11,12,15). The van der Waals surface area contributed by atoms with Gasteiger partial charge >= 0.3 is 12.0 Å². The van der Waals surface area contributed by atoms with E-state index >= 15 is 0 Å². The fourth-order valence-electron chi connectivity index (χ4n) is 0.915. The smallest absolute Gasteiger partial charge is 0.314 e. The minimum Gasteiger partial charge on any atom is -0.481 e. The SMILES string of the molecule is CC(C)(CNC(=O)NCCCS(N)(=O)=O)C(=O)O. The van der Waals surface area contributed by atoms with Crippen LogP contribution in [0.3, 0.4) is 0 Å². The molecule has 0 heterocycles. The summed E-state index contributed by atoms with van der Waals surface area (Å²) in [6.07, 6.45) is 0.203. The predicted octanol–water partition coefficient (Wildman–Crippen LogP) is -0.925. The molecule has 0 rings (SSSR count). The summed E-state index contributed by atoms with van der Waals surface area (Å²) in [5.41, 5.74) is -1.06. The molecule has 0 aliphatic rings. The van der Waals surface area contributed by atoms with E-state index in [-0.39, 0.29) is 25.3 Å². The molecule has 0 saturated carbocycles. The van der Waals surface area contributed by atoms with Crippen molar-refractivity contribution < 1.29 is 23.1 Å². The number of nitrogens with one attached hydrogen (secondary N) is 2. The highest BCUT2D eigenvalue weighted by Crippen LogP contribution is 2.12. The minimum atomic E-state index is -3.52. The summed E-state index contributed by atoms with van der Waals surface area (Å²) >= 11 is 0. The number of carbonyl (C=O) groups is 2. The molecule has 0 radical (unpaired) electrons. The number of carboxylic acids is 1. The molecular weight excluding hydrogens is 262 g/mol. The molecule has 0 saturated heterocycles. The van der Waals surface area contributed by atoms with E-state index in [9.17, 15) is 18.0 Å². The van der Waals surface area contributed by atoms with Crippen molar-refractivity contribution in [2.75, 3.05) is 18.8 Å². The molecule has 0 aromatic carbocycles. The maximum atomic E-state index is 11.2. The largest absolute Gasteiger partial charge is 0.481 e. The highest BCUT2D eigenvalue weighted by Gasteiger charge is 2.27. The quantitative estimate of drug-likeness (QED) is 0.447. The molecule has 2 amide bonds. The van der Waals surface area contributed by atoms with Gasteiger partial charge in [0.2, 0.25) is 10.0 Å². The van der Waals surface area contributed by atoms with Crippen LogP contribution in [0.25, 0.3) is 0 Å². The summed E-state index contributed by atoms with van der Waals surface area (Å²) in [5, 5.41) is 18.4. The number of aliphatic carboxylic acids is 1. The fourth-order valence-corrected chi connectivity index (χ4v) is 1.46. The van der Waals surface area contributed by atoms with E-state index in [0.29, 0.717) is 0 Å². The third kappa shape index (κ3) is 7.85. The van der Waals surface area contributed by atoms with Crippen molar-refractivity contribution in [2.24, 2.45) is 10.6 Å². The number of rotatable bonds is 7. The lowest BCUT2D eigenvalue weighted by atomic mass is 9.94. The number of hydrogen-bond acceptors (Lipinski definition) is 4. The fraction of sp³-hybridized carbons (Fsp3) is 0.778. The summed E-state index contributed by atoms with van der Waals surface area (Å²) in [7, 11) is -3.52. The molecule has 18 heavy (non-hydrogen) atoms. The van der Waals surface area contributed by atoms with Crippen molar-refractivity contribution in [2.45, 2.75) is 20.3 Å². The minimum absolute atomic E-state index is 0.0245. The Morgan fingerprint density at radius 3 is 2.28 bits per heavy atom. The Bertz CT molecular complexity index is 404. The molecule has 5 N–H and O–H groups in total. The van der Waals surface area contributed by atoms with Crippen molar-refractivity contribution in [3.8, 4) is 0 Å². The van der Waals surface area contributed by atoms with Gasteiger partial charge in [-0.2, -0.15) is 0 Å². The second kappa shape index (κ2) is 6.55. The van der Waals surface area contributed by atoms with Gasteiger partial charge in [0, 0.05) is 13.1 Å². The third-order valence-electron chi connectivity index (χ3n) is 2.16. The van der Waals surface area contributed by atoms with E-state index in [0.717, 1.165) is 0 Å². The molecule has 0 aromatic rings. The Hall–Kier alpha value is -1.35. The Morgan fingerprint density at radius 2 is 1.83 bits per heavy atom. The number of urea groups is 1.